The normalized spacial score (nSPS) is 21.0. The van der Waals surface area contributed by atoms with Crippen LogP contribution in [0.1, 0.15) is 12.0 Å². The summed E-state index contributed by atoms with van der Waals surface area (Å²) in [5.74, 6) is -2.20. The van der Waals surface area contributed by atoms with E-state index in [1.54, 1.807) is 0 Å². The standard InChI is InChI=1S/C14H17ClFN3O3/c1-7-2-12(10(15)4-11(7)16)18-13(21)14(22)19-6-9(20)3-8(19)5-17/h2,4,8-9,20H,3,5-6,17H2,1H3,(H,18,21)/t8-,9-/m1/s1. The molecule has 1 aliphatic rings. The predicted molar refractivity (Wildman–Crippen MR) is 80.0 cm³/mol. The first kappa shape index (κ1) is 16.7. The maximum atomic E-state index is 13.3. The number of carbonyl (C=O) groups excluding carboxylic acids is 2. The van der Waals surface area contributed by atoms with Gasteiger partial charge in [-0.15, -0.1) is 0 Å². The maximum absolute atomic E-state index is 13.3. The highest BCUT2D eigenvalue weighted by molar-refractivity contribution is 6.41. The summed E-state index contributed by atoms with van der Waals surface area (Å²) in [5, 5.41) is 12.0. The van der Waals surface area contributed by atoms with Gasteiger partial charge in [0.25, 0.3) is 0 Å². The summed E-state index contributed by atoms with van der Waals surface area (Å²) in [5.41, 5.74) is 5.99. The van der Waals surface area contributed by atoms with E-state index in [-0.39, 0.29) is 29.8 Å². The predicted octanol–water partition coefficient (Wildman–Crippen LogP) is 0.647. The Morgan fingerprint density at radius 3 is 2.86 bits per heavy atom. The van der Waals surface area contributed by atoms with Gasteiger partial charge in [-0.25, -0.2) is 4.39 Å². The number of hydrogen-bond acceptors (Lipinski definition) is 4. The largest absolute Gasteiger partial charge is 0.391 e. The van der Waals surface area contributed by atoms with E-state index in [1.807, 2.05) is 0 Å². The number of nitrogens with zero attached hydrogens (tertiary/aromatic N) is 1. The van der Waals surface area contributed by atoms with Gasteiger partial charge in [-0.1, -0.05) is 11.6 Å². The monoisotopic (exact) mass is 329 g/mol. The van der Waals surface area contributed by atoms with Crippen LogP contribution in [0, 0.1) is 12.7 Å². The Bertz CT molecular complexity index is 611. The number of β-amino-alcohol motifs (C(OH)–C–C–N with tert-alkyl or cyclic N) is 1. The number of hydrogen-bond donors (Lipinski definition) is 3. The Kier molecular flexibility index (Phi) is 5.00. The molecular formula is C14H17ClFN3O3. The smallest absolute Gasteiger partial charge is 0.313 e. The molecule has 0 unspecified atom stereocenters. The first-order valence-electron chi connectivity index (χ1n) is 6.79. The summed E-state index contributed by atoms with van der Waals surface area (Å²) in [6, 6.07) is 2.04. The molecule has 0 aromatic heterocycles. The second-order valence-corrected chi connectivity index (χ2v) is 5.68. The summed E-state index contributed by atoms with van der Waals surface area (Å²) in [6.07, 6.45) is -0.353. The summed E-state index contributed by atoms with van der Waals surface area (Å²) < 4.78 is 13.3. The van der Waals surface area contributed by atoms with Crippen LogP contribution in [0.3, 0.4) is 0 Å². The van der Waals surface area contributed by atoms with E-state index < -0.39 is 23.7 Å². The van der Waals surface area contributed by atoms with Crippen LogP contribution in [0.5, 0.6) is 0 Å². The molecule has 0 radical (unpaired) electrons. The minimum Gasteiger partial charge on any atom is -0.391 e. The lowest BCUT2D eigenvalue weighted by Crippen LogP contribution is -2.45. The molecule has 1 heterocycles. The summed E-state index contributed by atoms with van der Waals surface area (Å²) in [7, 11) is 0. The van der Waals surface area contributed by atoms with E-state index >= 15 is 0 Å². The minimum atomic E-state index is -0.902. The molecule has 4 N–H and O–H groups in total. The van der Waals surface area contributed by atoms with Crippen LogP contribution in [-0.2, 0) is 9.59 Å². The fraction of sp³-hybridized carbons (Fsp3) is 0.429. The van der Waals surface area contributed by atoms with Gasteiger partial charge in [0.1, 0.15) is 5.82 Å². The SMILES string of the molecule is Cc1cc(NC(=O)C(=O)N2C[C@H](O)C[C@@H]2CN)c(Cl)cc1F. The molecule has 1 aromatic rings. The number of carbonyl (C=O) groups is 2. The highest BCUT2D eigenvalue weighted by Gasteiger charge is 2.36. The third-order valence-corrected chi connectivity index (χ3v) is 3.93. The zero-order valence-electron chi connectivity index (χ0n) is 12.0. The van der Waals surface area contributed by atoms with Crippen LogP contribution in [0.4, 0.5) is 10.1 Å². The van der Waals surface area contributed by atoms with Crippen LogP contribution >= 0.6 is 11.6 Å². The van der Waals surface area contributed by atoms with E-state index in [2.05, 4.69) is 5.32 Å². The van der Waals surface area contributed by atoms with Crippen LogP contribution in [0.2, 0.25) is 5.02 Å². The van der Waals surface area contributed by atoms with E-state index in [0.29, 0.717) is 12.0 Å². The van der Waals surface area contributed by atoms with Gasteiger partial charge in [0, 0.05) is 19.1 Å². The molecular weight excluding hydrogens is 313 g/mol. The number of benzene rings is 1. The Morgan fingerprint density at radius 1 is 1.55 bits per heavy atom. The molecule has 120 valence electrons. The molecule has 1 fully saturated rings. The molecule has 0 bridgehead atoms. The number of likely N-dealkylation sites (tertiary alicyclic amines) is 1. The van der Waals surface area contributed by atoms with Crippen molar-refractivity contribution in [1.82, 2.24) is 4.90 Å². The Hall–Kier alpha value is -1.70. The highest BCUT2D eigenvalue weighted by Crippen LogP contribution is 2.25. The fourth-order valence-corrected chi connectivity index (χ4v) is 2.62. The molecule has 0 aliphatic carbocycles. The molecule has 2 amide bonds. The summed E-state index contributed by atoms with van der Waals surface area (Å²) in [6.45, 7) is 1.74. The maximum Gasteiger partial charge on any atom is 0.313 e. The quantitative estimate of drug-likeness (QED) is 0.694. The lowest BCUT2D eigenvalue weighted by Gasteiger charge is -2.22. The molecule has 0 saturated carbocycles. The van der Waals surface area contributed by atoms with Crippen LogP contribution < -0.4 is 11.1 Å². The second-order valence-electron chi connectivity index (χ2n) is 5.27. The topological polar surface area (TPSA) is 95.7 Å². The van der Waals surface area contributed by atoms with Crippen molar-refractivity contribution in [3.63, 3.8) is 0 Å². The first-order valence-corrected chi connectivity index (χ1v) is 7.17. The second kappa shape index (κ2) is 6.60. The van der Waals surface area contributed by atoms with E-state index in [0.717, 1.165) is 6.07 Å². The number of rotatable bonds is 2. The number of aryl methyl sites for hydroxylation is 1. The minimum absolute atomic E-state index is 0.00100. The zero-order chi connectivity index (χ0) is 16.4. The van der Waals surface area contributed by atoms with Crippen molar-refractivity contribution in [2.24, 2.45) is 5.73 Å². The molecule has 1 aliphatic heterocycles. The molecule has 6 nitrogen and oxygen atoms in total. The number of nitrogens with one attached hydrogen (secondary N) is 1. The number of amides is 2. The van der Waals surface area contributed by atoms with E-state index in [4.69, 9.17) is 17.3 Å². The van der Waals surface area contributed by atoms with E-state index in [9.17, 15) is 19.1 Å². The molecule has 8 heteroatoms. The molecule has 1 aromatic carbocycles. The van der Waals surface area contributed by atoms with Crippen molar-refractivity contribution in [3.05, 3.63) is 28.5 Å². The van der Waals surface area contributed by atoms with Gasteiger partial charge in [-0.2, -0.15) is 0 Å². The molecule has 2 rings (SSSR count). The number of anilines is 1. The summed E-state index contributed by atoms with van der Waals surface area (Å²) in [4.78, 5) is 25.4. The third kappa shape index (κ3) is 3.37. The van der Waals surface area contributed by atoms with Gasteiger partial charge in [-0.05, 0) is 31.0 Å². The Labute approximate surface area is 132 Å². The summed E-state index contributed by atoms with van der Waals surface area (Å²) >= 11 is 5.85. The van der Waals surface area contributed by atoms with Gasteiger partial charge in [-0.3, -0.25) is 9.59 Å². The van der Waals surface area contributed by atoms with Crippen LogP contribution in [-0.4, -0.2) is 47.1 Å². The Morgan fingerprint density at radius 2 is 2.23 bits per heavy atom. The van der Waals surface area contributed by atoms with Crippen molar-refractivity contribution in [3.8, 4) is 0 Å². The van der Waals surface area contributed by atoms with Crippen LogP contribution in [0.15, 0.2) is 12.1 Å². The number of aliphatic hydroxyl groups is 1. The molecule has 0 spiro atoms. The van der Waals surface area contributed by atoms with Gasteiger partial charge in [0.2, 0.25) is 0 Å². The van der Waals surface area contributed by atoms with Gasteiger partial charge < -0.3 is 21.1 Å². The lowest BCUT2D eigenvalue weighted by molar-refractivity contribution is -0.143. The average molecular weight is 330 g/mol. The van der Waals surface area contributed by atoms with Crippen molar-refractivity contribution >= 4 is 29.1 Å². The first-order chi connectivity index (χ1) is 10.3. The van der Waals surface area contributed by atoms with Crippen LogP contribution in [0.25, 0.3) is 0 Å². The van der Waals surface area contributed by atoms with Gasteiger partial charge in [0.05, 0.1) is 16.8 Å². The number of halogens is 2. The van der Waals surface area contributed by atoms with Crippen molar-refractivity contribution in [2.75, 3.05) is 18.4 Å². The molecule has 2 atom stereocenters. The van der Waals surface area contributed by atoms with Gasteiger partial charge in [0.15, 0.2) is 0 Å². The average Bonchev–Trinajstić information content (AvgIpc) is 2.84. The van der Waals surface area contributed by atoms with E-state index in [1.165, 1.54) is 17.9 Å². The highest BCUT2D eigenvalue weighted by atomic mass is 35.5. The van der Waals surface area contributed by atoms with Crippen molar-refractivity contribution in [2.45, 2.75) is 25.5 Å². The molecule has 22 heavy (non-hydrogen) atoms. The van der Waals surface area contributed by atoms with Crippen molar-refractivity contribution in [1.29, 1.82) is 0 Å². The van der Waals surface area contributed by atoms with Gasteiger partial charge >= 0.3 is 11.8 Å². The molecule has 1 saturated heterocycles. The third-order valence-electron chi connectivity index (χ3n) is 3.62. The number of aliphatic hydroxyl groups excluding tert-OH is 1. The Balaban J connectivity index is 2.12. The lowest BCUT2D eigenvalue weighted by atomic mass is 10.2. The fourth-order valence-electron chi connectivity index (χ4n) is 2.42. The van der Waals surface area contributed by atoms with Crippen molar-refractivity contribution < 1.29 is 19.1 Å². The zero-order valence-corrected chi connectivity index (χ0v) is 12.7. The number of nitrogens with two attached hydrogens (primary N) is 1.